The van der Waals surface area contributed by atoms with Crippen LogP contribution in [0.5, 0.6) is 5.75 Å². The minimum atomic E-state index is -0.231. The number of hydrogen-bond donors (Lipinski definition) is 1. The maximum Gasteiger partial charge on any atom is 0.142 e. The monoisotopic (exact) mass is 221 g/mol. The average molecular weight is 221 g/mol. The Bertz CT molecular complexity index is 363. The SMILES string of the molecule is C[C@@H](O)CCc1ccc2c(c1)N(C)CCO2. The third-order valence-electron chi connectivity index (χ3n) is 2.97. The first kappa shape index (κ1) is 11.3. The van der Waals surface area contributed by atoms with Crippen LogP contribution >= 0.6 is 0 Å². The van der Waals surface area contributed by atoms with Gasteiger partial charge in [-0.15, -0.1) is 0 Å². The van der Waals surface area contributed by atoms with Crippen LogP contribution in [0, 0.1) is 0 Å². The molecule has 1 aromatic rings. The minimum Gasteiger partial charge on any atom is -0.490 e. The van der Waals surface area contributed by atoms with Gasteiger partial charge in [0, 0.05) is 7.05 Å². The van der Waals surface area contributed by atoms with Crippen LogP contribution in [0.25, 0.3) is 0 Å². The fourth-order valence-corrected chi connectivity index (χ4v) is 1.93. The molecule has 1 aliphatic rings. The van der Waals surface area contributed by atoms with Crippen molar-refractivity contribution in [3.8, 4) is 5.75 Å². The Balaban J connectivity index is 2.14. The third-order valence-corrected chi connectivity index (χ3v) is 2.97. The first-order chi connectivity index (χ1) is 7.66. The van der Waals surface area contributed by atoms with Gasteiger partial charge in [-0.05, 0) is 37.5 Å². The Hall–Kier alpha value is -1.22. The van der Waals surface area contributed by atoms with Crippen molar-refractivity contribution in [2.24, 2.45) is 0 Å². The fraction of sp³-hybridized carbons (Fsp3) is 0.538. The van der Waals surface area contributed by atoms with E-state index in [4.69, 9.17) is 4.74 Å². The Morgan fingerprint density at radius 3 is 3.06 bits per heavy atom. The van der Waals surface area contributed by atoms with E-state index in [1.807, 2.05) is 13.0 Å². The molecule has 16 heavy (non-hydrogen) atoms. The number of benzene rings is 1. The number of aliphatic hydroxyl groups is 1. The number of aryl methyl sites for hydroxylation is 1. The number of nitrogens with zero attached hydrogens (tertiary/aromatic N) is 1. The van der Waals surface area contributed by atoms with E-state index in [0.717, 1.165) is 37.4 Å². The second-order valence-corrected chi connectivity index (χ2v) is 4.46. The number of aliphatic hydroxyl groups excluding tert-OH is 1. The quantitative estimate of drug-likeness (QED) is 0.845. The molecule has 3 heteroatoms. The van der Waals surface area contributed by atoms with Gasteiger partial charge in [0.2, 0.25) is 0 Å². The standard InChI is InChI=1S/C13H19NO2/c1-10(15)3-4-11-5-6-13-12(9-11)14(2)7-8-16-13/h5-6,9-10,15H,3-4,7-8H2,1-2H3/t10-/m1/s1. The summed E-state index contributed by atoms with van der Waals surface area (Å²) >= 11 is 0. The predicted molar refractivity (Wildman–Crippen MR) is 65.2 cm³/mol. The molecule has 0 amide bonds. The largest absolute Gasteiger partial charge is 0.490 e. The van der Waals surface area contributed by atoms with Gasteiger partial charge in [-0.2, -0.15) is 0 Å². The predicted octanol–water partition coefficient (Wildman–Crippen LogP) is 1.83. The fourth-order valence-electron chi connectivity index (χ4n) is 1.93. The smallest absolute Gasteiger partial charge is 0.142 e. The van der Waals surface area contributed by atoms with E-state index >= 15 is 0 Å². The molecule has 0 saturated carbocycles. The topological polar surface area (TPSA) is 32.7 Å². The molecule has 88 valence electrons. The first-order valence-electron chi connectivity index (χ1n) is 5.82. The average Bonchev–Trinajstić information content (AvgIpc) is 2.27. The molecule has 1 aliphatic heterocycles. The first-order valence-corrected chi connectivity index (χ1v) is 5.82. The Kier molecular flexibility index (Phi) is 3.34. The summed E-state index contributed by atoms with van der Waals surface area (Å²) in [5.41, 5.74) is 2.42. The van der Waals surface area contributed by atoms with Crippen molar-refractivity contribution in [2.75, 3.05) is 25.1 Å². The zero-order valence-corrected chi connectivity index (χ0v) is 9.94. The molecule has 1 atom stereocenters. The maximum atomic E-state index is 9.27. The molecule has 3 nitrogen and oxygen atoms in total. The molecular weight excluding hydrogens is 202 g/mol. The van der Waals surface area contributed by atoms with Gasteiger partial charge < -0.3 is 14.7 Å². The van der Waals surface area contributed by atoms with Crippen molar-refractivity contribution in [1.29, 1.82) is 0 Å². The summed E-state index contributed by atoms with van der Waals surface area (Å²) in [5, 5.41) is 9.27. The van der Waals surface area contributed by atoms with Crippen molar-refractivity contribution in [2.45, 2.75) is 25.9 Å². The van der Waals surface area contributed by atoms with E-state index in [1.165, 1.54) is 5.56 Å². The lowest BCUT2D eigenvalue weighted by Gasteiger charge is -2.28. The summed E-state index contributed by atoms with van der Waals surface area (Å²) in [6, 6.07) is 6.28. The third kappa shape index (κ3) is 2.47. The zero-order chi connectivity index (χ0) is 11.5. The molecule has 1 aromatic carbocycles. The molecule has 0 aliphatic carbocycles. The van der Waals surface area contributed by atoms with Crippen LogP contribution in [0.2, 0.25) is 0 Å². The van der Waals surface area contributed by atoms with Crippen molar-refractivity contribution in [3.63, 3.8) is 0 Å². The lowest BCUT2D eigenvalue weighted by Crippen LogP contribution is -2.28. The summed E-state index contributed by atoms with van der Waals surface area (Å²) in [6.07, 6.45) is 1.49. The van der Waals surface area contributed by atoms with Crippen LogP contribution in [-0.4, -0.2) is 31.4 Å². The van der Waals surface area contributed by atoms with Gasteiger partial charge in [-0.3, -0.25) is 0 Å². The molecule has 1 N–H and O–H groups in total. The van der Waals surface area contributed by atoms with Crippen molar-refractivity contribution >= 4 is 5.69 Å². The molecule has 0 saturated heterocycles. The molecule has 0 radical (unpaired) electrons. The Morgan fingerprint density at radius 1 is 1.50 bits per heavy atom. The lowest BCUT2D eigenvalue weighted by molar-refractivity contribution is 0.185. The normalized spacial score (nSPS) is 16.6. The van der Waals surface area contributed by atoms with Gasteiger partial charge in [-0.25, -0.2) is 0 Å². The lowest BCUT2D eigenvalue weighted by atomic mass is 10.1. The molecule has 0 bridgehead atoms. The Morgan fingerprint density at radius 2 is 2.31 bits per heavy atom. The highest BCUT2D eigenvalue weighted by Crippen LogP contribution is 2.31. The second-order valence-electron chi connectivity index (χ2n) is 4.46. The minimum absolute atomic E-state index is 0.231. The molecule has 0 fully saturated rings. The van der Waals surface area contributed by atoms with E-state index in [2.05, 4.69) is 24.1 Å². The highest BCUT2D eigenvalue weighted by atomic mass is 16.5. The van der Waals surface area contributed by atoms with Gasteiger partial charge in [-0.1, -0.05) is 6.07 Å². The van der Waals surface area contributed by atoms with Crippen molar-refractivity contribution < 1.29 is 9.84 Å². The number of fused-ring (bicyclic) bond motifs is 1. The van der Waals surface area contributed by atoms with E-state index in [1.54, 1.807) is 0 Å². The molecular formula is C13H19NO2. The van der Waals surface area contributed by atoms with Crippen LogP contribution in [0.15, 0.2) is 18.2 Å². The van der Waals surface area contributed by atoms with Crippen LogP contribution in [0.1, 0.15) is 18.9 Å². The molecule has 0 unspecified atom stereocenters. The van der Waals surface area contributed by atoms with Crippen LogP contribution < -0.4 is 9.64 Å². The number of ether oxygens (including phenoxy) is 1. The number of hydrogen-bond acceptors (Lipinski definition) is 3. The van der Waals surface area contributed by atoms with Crippen LogP contribution in [0.4, 0.5) is 5.69 Å². The molecule has 2 rings (SSSR count). The number of anilines is 1. The van der Waals surface area contributed by atoms with Gasteiger partial charge in [0.1, 0.15) is 12.4 Å². The summed E-state index contributed by atoms with van der Waals surface area (Å²) in [5.74, 6) is 0.967. The molecule has 0 spiro atoms. The maximum absolute atomic E-state index is 9.27. The summed E-state index contributed by atoms with van der Waals surface area (Å²) in [4.78, 5) is 2.21. The van der Waals surface area contributed by atoms with E-state index in [9.17, 15) is 5.11 Å². The van der Waals surface area contributed by atoms with Crippen molar-refractivity contribution in [1.82, 2.24) is 0 Å². The van der Waals surface area contributed by atoms with Gasteiger partial charge >= 0.3 is 0 Å². The second kappa shape index (κ2) is 4.74. The summed E-state index contributed by atoms with van der Waals surface area (Å²) in [6.45, 7) is 3.52. The number of likely N-dealkylation sites (N-methyl/N-ethyl adjacent to an activating group) is 1. The van der Waals surface area contributed by atoms with E-state index in [-0.39, 0.29) is 6.10 Å². The zero-order valence-electron chi connectivity index (χ0n) is 9.94. The van der Waals surface area contributed by atoms with Crippen LogP contribution in [-0.2, 0) is 6.42 Å². The van der Waals surface area contributed by atoms with Gasteiger partial charge in [0.05, 0.1) is 18.3 Å². The molecule has 0 aromatic heterocycles. The van der Waals surface area contributed by atoms with Gasteiger partial charge in [0.15, 0.2) is 0 Å². The van der Waals surface area contributed by atoms with Gasteiger partial charge in [0.25, 0.3) is 0 Å². The number of rotatable bonds is 3. The summed E-state index contributed by atoms with van der Waals surface area (Å²) in [7, 11) is 2.08. The molecule has 1 heterocycles. The highest BCUT2D eigenvalue weighted by molar-refractivity contribution is 5.60. The Labute approximate surface area is 96.6 Å². The highest BCUT2D eigenvalue weighted by Gasteiger charge is 2.14. The van der Waals surface area contributed by atoms with Crippen LogP contribution in [0.3, 0.4) is 0 Å². The van der Waals surface area contributed by atoms with Crippen molar-refractivity contribution in [3.05, 3.63) is 23.8 Å². The summed E-state index contributed by atoms with van der Waals surface area (Å²) < 4.78 is 5.58. The van der Waals surface area contributed by atoms with E-state index in [0.29, 0.717) is 0 Å². The van der Waals surface area contributed by atoms with E-state index < -0.39 is 0 Å².